The number of aromatic hydroxyl groups is 1. The van der Waals surface area contributed by atoms with Crippen LogP contribution in [-0.2, 0) is 19.2 Å². The number of allylic oxidation sites excluding steroid dienone is 2. The van der Waals surface area contributed by atoms with E-state index in [9.17, 15) is 38.8 Å². The number of fused-ring (bicyclic) bond motifs is 4. The molecule has 40 heavy (non-hydrogen) atoms. The number of alkyl halides is 2. The van der Waals surface area contributed by atoms with Crippen LogP contribution in [0.15, 0.2) is 54.1 Å². The maximum absolute atomic E-state index is 14.6. The second kappa shape index (κ2) is 8.58. The van der Waals surface area contributed by atoms with Crippen molar-refractivity contribution in [3.05, 3.63) is 75.6 Å². The highest BCUT2D eigenvalue weighted by molar-refractivity contribution is 6.53. The van der Waals surface area contributed by atoms with Gasteiger partial charge in [0, 0.05) is 30.7 Å². The summed E-state index contributed by atoms with van der Waals surface area (Å²) in [6.45, 7) is 0. The van der Waals surface area contributed by atoms with Crippen LogP contribution in [0.4, 0.5) is 15.8 Å². The first-order valence-electron chi connectivity index (χ1n) is 12.3. The van der Waals surface area contributed by atoms with Crippen molar-refractivity contribution in [3.63, 3.8) is 0 Å². The van der Waals surface area contributed by atoms with Gasteiger partial charge in [0.2, 0.25) is 11.8 Å². The molecule has 1 N–H and O–H groups in total. The molecular formula is C27H20Cl2FN3O7. The van der Waals surface area contributed by atoms with E-state index in [0.717, 1.165) is 21.9 Å². The van der Waals surface area contributed by atoms with Crippen molar-refractivity contribution in [1.82, 2.24) is 4.90 Å². The average Bonchev–Trinajstić information content (AvgIpc) is 3.25. The van der Waals surface area contributed by atoms with Crippen molar-refractivity contribution in [1.29, 1.82) is 0 Å². The van der Waals surface area contributed by atoms with Gasteiger partial charge in [0.1, 0.15) is 0 Å². The topological polar surface area (TPSA) is 138 Å². The first kappa shape index (κ1) is 26.4. The maximum Gasteiger partial charge on any atom is 0.271 e. The molecule has 2 aliphatic carbocycles. The van der Waals surface area contributed by atoms with Gasteiger partial charge in [0.05, 0.1) is 22.4 Å². The summed E-state index contributed by atoms with van der Waals surface area (Å²) < 4.78 is 14.6. The Labute approximate surface area is 236 Å². The number of likely N-dealkylation sites (tertiary alicyclic amines) is 1. The normalized spacial score (nSPS) is 33.0. The molecule has 10 nitrogen and oxygen atoms in total. The fourth-order valence-electron chi connectivity index (χ4n) is 6.85. The number of hydrogen-bond donors (Lipinski definition) is 1. The van der Waals surface area contributed by atoms with Gasteiger partial charge in [-0.05, 0) is 30.9 Å². The third-order valence-electron chi connectivity index (χ3n) is 8.64. The second-order valence-corrected chi connectivity index (χ2v) is 11.7. The number of non-ortho nitro benzene ring substituents is 1. The zero-order valence-corrected chi connectivity index (χ0v) is 22.2. The summed E-state index contributed by atoms with van der Waals surface area (Å²) in [4.78, 5) is 62.4. The molecule has 6 atom stereocenters. The van der Waals surface area contributed by atoms with E-state index in [1.54, 1.807) is 6.08 Å². The van der Waals surface area contributed by atoms with Gasteiger partial charge < -0.3 is 5.11 Å². The highest BCUT2D eigenvalue weighted by atomic mass is 35.5. The van der Waals surface area contributed by atoms with Crippen LogP contribution in [0.5, 0.6) is 5.75 Å². The highest BCUT2D eigenvalue weighted by Crippen LogP contribution is 2.66. The number of halogens is 3. The first-order chi connectivity index (χ1) is 18.8. The van der Waals surface area contributed by atoms with Crippen molar-refractivity contribution in [2.75, 3.05) is 11.9 Å². The van der Waals surface area contributed by atoms with Crippen LogP contribution in [-0.4, -0.2) is 55.4 Å². The van der Waals surface area contributed by atoms with E-state index in [4.69, 9.17) is 23.2 Å². The fraction of sp³-hybridized carbons (Fsp3) is 0.333. The third-order valence-corrected chi connectivity index (χ3v) is 10.1. The van der Waals surface area contributed by atoms with Crippen molar-refractivity contribution in [2.45, 2.75) is 28.5 Å². The number of rotatable bonds is 3. The van der Waals surface area contributed by atoms with Gasteiger partial charge in [-0.1, -0.05) is 29.8 Å². The van der Waals surface area contributed by atoms with Crippen molar-refractivity contribution < 1.29 is 33.6 Å². The summed E-state index contributed by atoms with van der Waals surface area (Å²) in [5, 5.41) is 22.0. The summed E-state index contributed by atoms with van der Waals surface area (Å²) >= 11 is 14.0. The van der Waals surface area contributed by atoms with Crippen LogP contribution in [0.25, 0.3) is 0 Å². The molecule has 2 aromatic carbocycles. The number of phenols is 1. The predicted molar refractivity (Wildman–Crippen MR) is 139 cm³/mol. The third kappa shape index (κ3) is 3.15. The molecule has 1 saturated carbocycles. The summed E-state index contributed by atoms with van der Waals surface area (Å²) in [6.07, 6.45) is 1.40. The fourth-order valence-corrected chi connectivity index (χ4v) is 7.87. The Kier molecular flexibility index (Phi) is 5.66. The van der Waals surface area contributed by atoms with E-state index in [1.807, 2.05) is 0 Å². The number of benzene rings is 2. The van der Waals surface area contributed by atoms with Crippen LogP contribution in [0.2, 0.25) is 0 Å². The van der Waals surface area contributed by atoms with E-state index in [2.05, 4.69) is 0 Å². The molecule has 0 aromatic heterocycles. The van der Waals surface area contributed by atoms with Gasteiger partial charge >= 0.3 is 0 Å². The monoisotopic (exact) mass is 587 g/mol. The number of para-hydroxylation sites is 1. The molecule has 0 bridgehead atoms. The zero-order chi connectivity index (χ0) is 28.9. The van der Waals surface area contributed by atoms with Crippen molar-refractivity contribution >= 4 is 58.2 Å². The standard InChI is InChI=1S/C27H20Cl2FN3O7/c1-31-24(37)26(28)11-17-14(20(27(26,29)25(31)38)16-6-3-7-18(30)21(16)34)8-9-15-19(17)23(36)32(22(15)35)12-4-2-5-13(10-12)33(39)40/h2-8,10,15,17,19-20,34H,9,11H2,1H3. The van der Waals surface area contributed by atoms with Crippen LogP contribution in [0, 0.1) is 33.7 Å². The van der Waals surface area contributed by atoms with Gasteiger partial charge in [-0.15, -0.1) is 23.2 Å². The number of nitrogens with zero attached hydrogens (tertiary/aromatic N) is 3. The maximum atomic E-state index is 14.6. The zero-order valence-electron chi connectivity index (χ0n) is 20.7. The Morgan fingerprint density at radius 3 is 2.45 bits per heavy atom. The number of anilines is 1. The molecule has 13 heteroatoms. The predicted octanol–water partition coefficient (Wildman–Crippen LogP) is 3.63. The molecule has 2 aliphatic heterocycles. The lowest BCUT2D eigenvalue weighted by Gasteiger charge is -2.50. The molecule has 2 aromatic rings. The van der Waals surface area contributed by atoms with Crippen molar-refractivity contribution in [3.8, 4) is 5.75 Å². The van der Waals surface area contributed by atoms with Gasteiger partial charge in [-0.3, -0.25) is 34.2 Å². The van der Waals surface area contributed by atoms with Crippen LogP contribution >= 0.6 is 23.2 Å². The molecule has 6 rings (SSSR count). The molecule has 4 amide bonds. The molecule has 2 heterocycles. The lowest BCUT2D eigenvalue weighted by atomic mass is 9.56. The van der Waals surface area contributed by atoms with Crippen molar-refractivity contribution in [2.24, 2.45) is 17.8 Å². The minimum atomic E-state index is -2.16. The SMILES string of the molecule is CN1C(=O)C2(Cl)CC3C(=CCC4C(=O)N(c5cccc([N+](=O)[O-])c5)C(=O)C43)C(c3cccc(F)c3O)C2(Cl)C1=O. The smallest absolute Gasteiger partial charge is 0.271 e. The van der Waals surface area contributed by atoms with E-state index in [-0.39, 0.29) is 29.8 Å². The highest BCUT2D eigenvalue weighted by Gasteiger charge is 2.76. The van der Waals surface area contributed by atoms with Crippen LogP contribution in [0.3, 0.4) is 0 Å². The number of amides is 4. The van der Waals surface area contributed by atoms with Gasteiger partial charge in [0.25, 0.3) is 17.5 Å². The number of carbonyl (C=O) groups excluding carboxylic acids is 4. The van der Waals surface area contributed by atoms with Gasteiger partial charge in [0.15, 0.2) is 21.3 Å². The quantitative estimate of drug-likeness (QED) is 0.190. The molecule has 0 radical (unpaired) electrons. The summed E-state index contributed by atoms with van der Waals surface area (Å²) in [7, 11) is 1.22. The Morgan fingerprint density at radius 1 is 1.05 bits per heavy atom. The molecule has 3 fully saturated rings. The lowest BCUT2D eigenvalue weighted by Crippen LogP contribution is -2.60. The number of carbonyl (C=O) groups is 4. The van der Waals surface area contributed by atoms with E-state index >= 15 is 0 Å². The van der Waals surface area contributed by atoms with Gasteiger partial charge in [-0.2, -0.15) is 0 Å². The van der Waals surface area contributed by atoms with E-state index in [0.29, 0.717) is 5.57 Å². The Morgan fingerprint density at radius 2 is 1.75 bits per heavy atom. The molecule has 6 unspecified atom stereocenters. The Hall–Kier alpha value is -3.83. The Bertz CT molecular complexity index is 1600. The average molecular weight is 588 g/mol. The van der Waals surface area contributed by atoms with Crippen LogP contribution < -0.4 is 4.90 Å². The number of nitro benzene ring substituents is 1. The molecule has 4 aliphatic rings. The van der Waals surface area contributed by atoms with E-state index in [1.165, 1.54) is 37.4 Å². The summed E-state index contributed by atoms with van der Waals surface area (Å²) in [6, 6.07) is 8.82. The summed E-state index contributed by atoms with van der Waals surface area (Å²) in [5.74, 6) is -8.77. The molecular weight excluding hydrogens is 568 g/mol. The van der Waals surface area contributed by atoms with Crippen LogP contribution in [0.1, 0.15) is 24.3 Å². The minimum absolute atomic E-state index is 0.0226. The number of nitro groups is 1. The molecule has 0 spiro atoms. The van der Waals surface area contributed by atoms with Gasteiger partial charge in [-0.25, -0.2) is 9.29 Å². The number of phenolic OH excluding ortho intramolecular Hbond substituents is 1. The summed E-state index contributed by atoms with van der Waals surface area (Å²) in [5.41, 5.74) is 0.00959. The number of hydrogen-bond acceptors (Lipinski definition) is 7. The minimum Gasteiger partial charge on any atom is -0.505 e. The molecule has 2 saturated heterocycles. The first-order valence-corrected chi connectivity index (χ1v) is 13.1. The Balaban J connectivity index is 1.52. The second-order valence-electron chi connectivity index (χ2n) is 10.5. The lowest BCUT2D eigenvalue weighted by molar-refractivity contribution is -0.384. The largest absolute Gasteiger partial charge is 0.505 e. The molecule has 206 valence electrons. The van der Waals surface area contributed by atoms with E-state index < -0.39 is 73.5 Å². The number of imide groups is 2.